The zero-order valence-corrected chi connectivity index (χ0v) is 19.9. The van der Waals surface area contributed by atoms with E-state index in [1.54, 1.807) is 60.7 Å². The molecule has 0 saturated heterocycles. The predicted molar refractivity (Wildman–Crippen MR) is 139 cm³/mol. The Morgan fingerprint density at radius 1 is 0.743 bits per heavy atom. The average Bonchev–Trinajstić information content (AvgIpc) is 2.88. The Balaban J connectivity index is 1.82. The molecule has 35 heavy (non-hydrogen) atoms. The third kappa shape index (κ3) is 4.36. The van der Waals surface area contributed by atoms with E-state index in [1.807, 2.05) is 55.5 Å². The third-order valence-corrected chi connectivity index (χ3v) is 7.59. The van der Waals surface area contributed by atoms with E-state index >= 15 is 0 Å². The Morgan fingerprint density at radius 2 is 1.34 bits per heavy atom. The van der Waals surface area contributed by atoms with Crippen molar-refractivity contribution in [1.29, 1.82) is 0 Å². The standard InChI is InChI=1S/C29H23NO4S/c1-21-16-18-24(19-17-21)35(32,33)30(20-22-10-4-2-5-11-22)29-27(23-12-6-3-7-13-23)28(31)25-14-8-9-15-26(25)34-29/h2-19H,20H2,1H3. The van der Waals surface area contributed by atoms with Crippen molar-refractivity contribution in [3.8, 4) is 11.1 Å². The van der Waals surface area contributed by atoms with Gasteiger partial charge in [0.2, 0.25) is 11.3 Å². The van der Waals surface area contributed by atoms with Gasteiger partial charge in [0.15, 0.2) is 0 Å². The van der Waals surface area contributed by atoms with Gasteiger partial charge >= 0.3 is 0 Å². The molecule has 0 N–H and O–H groups in total. The van der Waals surface area contributed by atoms with E-state index in [0.717, 1.165) is 11.1 Å². The maximum Gasteiger partial charge on any atom is 0.266 e. The second-order valence-electron chi connectivity index (χ2n) is 8.28. The van der Waals surface area contributed by atoms with Crippen molar-refractivity contribution in [2.24, 2.45) is 0 Å². The molecular weight excluding hydrogens is 458 g/mol. The summed E-state index contributed by atoms with van der Waals surface area (Å²) in [5.74, 6) is -0.00988. The van der Waals surface area contributed by atoms with Crippen LogP contribution in [0.15, 0.2) is 123 Å². The summed E-state index contributed by atoms with van der Waals surface area (Å²) >= 11 is 0. The zero-order valence-electron chi connectivity index (χ0n) is 19.1. The minimum absolute atomic E-state index is 0.00182. The number of para-hydroxylation sites is 1. The van der Waals surface area contributed by atoms with E-state index in [0.29, 0.717) is 16.5 Å². The van der Waals surface area contributed by atoms with Gasteiger partial charge < -0.3 is 4.42 Å². The van der Waals surface area contributed by atoms with Gasteiger partial charge in [-0.05, 0) is 42.3 Å². The summed E-state index contributed by atoms with van der Waals surface area (Å²) in [6.07, 6.45) is 0. The fourth-order valence-electron chi connectivity index (χ4n) is 4.02. The molecule has 0 aliphatic rings. The molecule has 5 rings (SSSR count). The number of benzene rings is 4. The average molecular weight is 482 g/mol. The second-order valence-corrected chi connectivity index (χ2v) is 10.1. The van der Waals surface area contributed by atoms with Gasteiger partial charge in [0.1, 0.15) is 5.58 Å². The van der Waals surface area contributed by atoms with Crippen molar-refractivity contribution in [1.82, 2.24) is 0 Å². The summed E-state index contributed by atoms with van der Waals surface area (Å²) < 4.78 is 35.5. The summed E-state index contributed by atoms with van der Waals surface area (Å²) in [5.41, 5.74) is 2.53. The minimum atomic E-state index is -4.08. The Morgan fingerprint density at radius 3 is 2.03 bits per heavy atom. The highest BCUT2D eigenvalue weighted by Crippen LogP contribution is 2.35. The molecule has 0 saturated carbocycles. The molecule has 6 heteroatoms. The molecule has 0 fully saturated rings. The smallest absolute Gasteiger partial charge is 0.266 e. The first-order valence-electron chi connectivity index (χ1n) is 11.2. The van der Waals surface area contributed by atoms with Crippen LogP contribution in [0.4, 0.5) is 5.88 Å². The lowest BCUT2D eigenvalue weighted by Crippen LogP contribution is -2.32. The summed E-state index contributed by atoms with van der Waals surface area (Å²) in [7, 11) is -4.08. The van der Waals surface area contributed by atoms with E-state index in [9.17, 15) is 13.2 Å². The summed E-state index contributed by atoms with van der Waals surface area (Å²) in [4.78, 5) is 13.9. The zero-order chi connectivity index (χ0) is 24.4. The highest BCUT2D eigenvalue weighted by Gasteiger charge is 2.31. The van der Waals surface area contributed by atoms with Gasteiger partial charge in [-0.15, -0.1) is 0 Å². The van der Waals surface area contributed by atoms with E-state index in [2.05, 4.69) is 0 Å². The van der Waals surface area contributed by atoms with Crippen LogP contribution < -0.4 is 9.73 Å². The summed E-state index contributed by atoms with van der Waals surface area (Å²) in [6, 6.07) is 31.8. The first kappa shape index (κ1) is 22.6. The first-order chi connectivity index (χ1) is 16.9. The molecular formula is C29H23NO4S. The minimum Gasteiger partial charge on any atom is -0.439 e. The van der Waals surface area contributed by atoms with E-state index < -0.39 is 10.0 Å². The molecule has 1 heterocycles. The van der Waals surface area contributed by atoms with Gasteiger partial charge in [0.25, 0.3) is 10.0 Å². The SMILES string of the molecule is Cc1ccc(S(=O)(=O)N(Cc2ccccc2)c2oc3ccccc3c(=O)c2-c2ccccc2)cc1. The Hall–Kier alpha value is -4.16. The van der Waals surface area contributed by atoms with Crippen molar-refractivity contribution in [3.05, 3.63) is 131 Å². The van der Waals surface area contributed by atoms with Crippen LogP contribution in [0.5, 0.6) is 0 Å². The molecule has 0 unspecified atom stereocenters. The fraction of sp³-hybridized carbons (Fsp3) is 0.0690. The van der Waals surface area contributed by atoms with Crippen molar-refractivity contribution in [2.75, 3.05) is 4.31 Å². The highest BCUT2D eigenvalue weighted by molar-refractivity contribution is 7.92. The van der Waals surface area contributed by atoms with Gasteiger partial charge in [0, 0.05) is 0 Å². The van der Waals surface area contributed by atoms with Crippen molar-refractivity contribution >= 4 is 26.9 Å². The Labute approximate surface area is 204 Å². The molecule has 0 bridgehead atoms. The van der Waals surface area contributed by atoms with Gasteiger partial charge in [-0.25, -0.2) is 12.7 Å². The van der Waals surface area contributed by atoms with E-state index in [-0.39, 0.29) is 28.3 Å². The van der Waals surface area contributed by atoms with Gasteiger partial charge in [-0.1, -0.05) is 90.5 Å². The van der Waals surface area contributed by atoms with Crippen LogP contribution in [0.3, 0.4) is 0 Å². The lowest BCUT2D eigenvalue weighted by molar-refractivity contribution is 0.566. The highest BCUT2D eigenvalue weighted by atomic mass is 32.2. The van der Waals surface area contributed by atoms with E-state index in [1.165, 1.54) is 4.31 Å². The lowest BCUT2D eigenvalue weighted by atomic mass is 10.0. The molecule has 0 aliphatic heterocycles. The molecule has 5 aromatic rings. The van der Waals surface area contributed by atoms with Gasteiger partial charge in [0.05, 0.1) is 22.4 Å². The maximum atomic E-state index is 14.0. The first-order valence-corrected chi connectivity index (χ1v) is 12.6. The number of nitrogens with zero attached hydrogens (tertiary/aromatic N) is 1. The molecule has 0 spiro atoms. The Bertz CT molecular complexity index is 1640. The van der Waals surface area contributed by atoms with Gasteiger partial charge in [-0.3, -0.25) is 4.79 Å². The maximum absolute atomic E-state index is 14.0. The van der Waals surface area contributed by atoms with Gasteiger partial charge in [-0.2, -0.15) is 0 Å². The summed E-state index contributed by atoms with van der Waals surface area (Å²) in [5, 5.41) is 0.391. The number of sulfonamides is 1. The fourth-order valence-corrected chi connectivity index (χ4v) is 5.42. The molecule has 1 aromatic heterocycles. The summed E-state index contributed by atoms with van der Waals surface area (Å²) in [6.45, 7) is 1.90. The topological polar surface area (TPSA) is 67.6 Å². The third-order valence-electron chi connectivity index (χ3n) is 5.85. The van der Waals surface area contributed by atoms with Crippen molar-refractivity contribution < 1.29 is 12.8 Å². The number of hydrogen-bond acceptors (Lipinski definition) is 4. The second kappa shape index (κ2) is 9.24. The normalized spacial score (nSPS) is 11.5. The number of rotatable bonds is 6. The molecule has 5 nitrogen and oxygen atoms in total. The van der Waals surface area contributed by atoms with Crippen LogP contribution in [0.1, 0.15) is 11.1 Å². The molecule has 0 amide bonds. The predicted octanol–water partition coefficient (Wildman–Crippen LogP) is 6.16. The largest absolute Gasteiger partial charge is 0.439 e. The molecule has 0 atom stereocenters. The number of fused-ring (bicyclic) bond motifs is 1. The Kier molecular flexibility index (Phi) is 5.97. The monoisotopic (exact) mass is 481 g/mol. The molecule has 174 valence electrons. The van der Waals surface area contributed by atoms with Crippen LogP contribution in [-0.2, 0) is 16.6 Å². The van der Waals surface area contributed by atoms with Crippen molar-refractivity contribution in [2.45, 2.75) is 18.4 Å². The lowest BCUT2D eigenvalue weighted by Gasteiger charge is -2.25. The van der Waals surface area contributed by atoms with Crippen LogP contribution in [0.2, 0.25) is 0 Å². The molecule has 0 aliphatic carbocycles. The number of hydrogen-bond donors (Lipinski definition) is 0. The van der Waals surface area contributed by atoms with Crippen LogP contribution in [0.25, 0.3) is 22.1 Å². The molecule has 0 radical (unpaired) electrons. The number of aryl methyl sites for hydroxylation is 1. The van der Waals surface area contributed by atoms with Crippen LogP contribution in [-0.4, -0.2) is 8.42 Å². The van der Waals surface area contributed by atoms with E-state index in [4.69, 9.17) is 4.42 Å². The quantitative estimate of drug-likeness (QED) is 0.291. The van der Waals surface area contributed by atoms with Crippen molar-refractivity contribution in [3.63, 3.8) is 0 Å². The van der Waals surface area contributed by atoms with Crippen LogP contribution >= 0.6 is 0 Å². The molecule has 4 aromatic carbocycles. The number of anilines is 1. The van der Waals surface area contributed by atoms with Crippen LogP contribution in [0, 0.1) is 6.92 Å².